The van der Waals surface area contributed by atoms with Gasteiger partial charge in [-0.05, 0) is 51.3 Å². The van der Waals surface area contributed by atoms with Gasteiger partial charge in [-0.15, -0.1) is 0 Å². The normalized spacial score (nSPS) is 21.9. The molecule has 8 nitrogen and oxygen atoms in total. The Labute approximate surface area is 185 Å². The minimum absolute atomic E-state index is 0.0541. The SMILES string of the molecule is COc1c(N2CC[C@@H](NC3CCNCC3)C2)c(F)cc2c(=O)c(C(=O)O)cn(C3CC3)c12. The number of carboxylic acids is 1. The van der Waals surface area contributed by atoms with Crippen molar-refractivity contribution in [2.45, 2.75) is 50.2 Å². The molecule has 5 rings (SSSR count). The number of piperidine rings is 1. The first kappa shape index (κ1) is 21.2. The number of hydrogen-bond acceptors (Lipinski definition) is 6. The first-order valence-corrected chi connectivity index (χ1v) is 11.4. The molecule has 3 fully saturated rings. The van der Waals surface area contributed by atoms with Gasteiger partial charge in [0.25, 0.3) is 0 Å². The number of carbonyl (C=O) groups is 1. The lowest BCUT2D eigenvalue weighted by atomic mass is 10.1. The maximum absolute atomic E-state index is 15.4. The molecule has 2 aromatic rings. The van der Waals surface area contributed by atoms with E-state index < -0.39 is 17.2 Å². The maximum Gasteiger partial charge on any atom is 0.341 e. The highest BCUT2D eigenvalue weighted by Crippen LogP contribution is 2.44. The Morgan fingerprint density at radius 3 is 2.62 bits per heavy atom. The predicted molar refractivity (Wildman–Crippen MR) is 120 cm³/mol. The summed E-state index contributed by atoms with van der Waals surface area (Å²) < 4.78 is 22.9. The van der Waals surface area contributed by atoms with E-state index in [1.807, 2.05) is 4.90 Å². The minimum atomic E-state index is -1.30. The number of nitrogens with one attached hydrogen (secondary N) is 2. The Kier molecular flexibility index (Phi) is 5.54. The highest BCUT2D eigenvalue weighted by molar-refractivity contribution is 5.97. The molecule has 172 valence electrons. The number of hydrogen-bond donors (Lipinski definition) is 3. The average Bonchev–Trinajstić information content (AvgIpc) is 3.53. The maximum atomic E-state index is 15.4. The Balaban J connectivity index is 1.55. The average molecular weight is 445 g/mol. The fraction of sp³-hybridized carbons (Fsp3) is 0.565. The third-order valence-electron chi connectivity index (χ3n) is 6.89. The summed E-state index contributed by atoms with van der Waals surface area (Å²) >= 11 is 0. The van der Waals surface area contributed by atoms with Gasteiger partial charge in [-0.25, -0.2) is 9.18 Å². The predicted octanol–water partition coefficient (Wildman–Crippen LogP) is 2.10. The van der Waals surface area contributed by atoms with E-state index >= 15 is 4.39 Å². The number of halogens is 1. The zero-order chi connectivity index (χ0) is 22.4. The summed E-state index contributed by atoms with van der Waals surface area (Å²) in [5.41, 5.74) is -0.186. The lowest BCUT2D eigenvalue weighted by molar-refractivity contribution is 0.0695. The van der Waals surface area contributed by atoms with Gasteiger partial charge in [-0.2, -0.15) is 0 Å². The zero-order valence-corrected chi connectivity index (χ0v) is 18.2. The van der Waals surface area contributed by atoms with Gasteiger partial charge in [0, 0.05) is 37.4 Å². The second-order valence-electron chi connectivity index (χ2n) is 9.07. The molecular weight excluding hydrogens is 415 g/mol. The summed E-state index contributed by atoms with van der Waals surface area (Å²) in [7, 11) is 1.48. The number of pyridine rings is 1. The van der Waals surface area contributed by atoms with Crippen LogP contribution in [0.4, 0.5) is 10.1 Å². The van der Waals surface area contributed by atoms with Crippen LogP contribution < -0.4 is 25.7 Å². The van der Waals surface area contributed by atoms with E-state index in [0.29, 0.717) is 36.1 Å². The molecule has 9 heteroatoms. The van der Waals surface area contributed by atoms with Gasteiger partial charge in [0.1, 0.15) is 11.3 Å². The number of nitrogens with zero attached hydrogens (tertiary/aromatic N) is 2. The third-order valence-corrected chi connectivity index (χ3v) is 6.89. The van der Waals surface area contributed by atoms with Crippen molar-refractivity contribution >= 4 is 22.6 Å². The van der Waals surface area contributed by atoms with E-state index in [2.05, 4.69) is 10.6 Å². The molecule has 0 radical (unpaired) electrons. The zero-order valence-electron chi connectivity index (χ0n) is 18.2. The van der Waals surface area contributed by atoms with E-state index in [1.54, 1.807) is 4.57 Å². The molecule has 3 heterocycles. The monoisotopic (exact) mass is 444 g/mol. The summed E-state index contributed by atoms with van der Waals surface area (Å²) in [5, 5.41) is 16.6. The first-order chi connectivity index (χ1) is 15.5. The molecule has 0 amide bonds. The van der Waals surface area contributed by atoms with Crippen molar-refractivity contribution in [2.75, 3.05) is 38.2 Å². The smallest absolute Gasteiger partial charge is 0.341 e. The van der Waals surface area contributed by atoms with Crippen LogP contribution in [0.2, 0.25) is 0 Å². The van der Waals surface area contributed by atoms with Crippen molar-refractivity contribution in [1.29, 1.82) is 0 Å². The summed E-state index contributed by atoms with van der Waals surface area (Å²) in [6.45, 7) is 3.36. The molecule has 0 unspecified atom stereocenters. The van der Waals surface area contributed by atoms with Crippen molar-refractivity contribution in [3.05, 3.63) is 33.9 Å². The number of ether oxygens (including phenoxy) is 1. The van der Waals surface area contributed by atoms with E-state index in [9.17, 15) is 14.7 Å². The van der Waals surface area contributed by atoms with Crippen molar-refractivity contribution in [3.63, 3.8) is 0 Å². The molecule has 2 aliphatic heterocycles. The minimum Gasteiger partial charge on any atom is -0.492 e. The summed E-state index contributed by atoms with van der Waals surface area (Å²) in [5.74, 6) is -1.55. The van der Waals surface area contributed by atoms with E-state index in [1.165, 1.54) is 19.4 Å². The topological polar surface area (TPSA) is 95.8 Å². The summed E-state index contributed by atoms with van der Waals surface area (Å²) in [6.07, 6.45) is 6.24. The van der Waals surface area contributed by atoms with Crippen LogP contribution in [0.25, 0.3) is 10.9 Å². The van der Waals surface area contributed by atoms with Gasteiger partial charge in [-0.3, -0.25) is 4.79 Å². The van der Waals surface area contributed by atoms with Crippen molar-refractivity contribution in [1.82, 2.24) is 15.2 Å². The standard InChI is InChI=1S/C23H29FN4O4/c1-32-22-19-16(21(29)17(23(30)31)12-28(19)15-2-3-15)10-18(24)20(22)27-9-6-14(11-27)26-13-4-7-25-8-5-13/h10,12-15,25-26H,2-9,11H2,1H3,(H,30,31)/t14-/m1/s1. The number of carboxylic acid groups (broad SMARTS) is 1. The summed E-state index contributed by atoms with van der Waals surface area (Å²) in [4.78, 5) is 26.5. The number of aromatic nitrogens is 1. The van der Waals surface area contributed by atoms with Gasteiger partial charge in [0.15, 0.2) is 11.6 Å². The van der Waals surface area contributed by atoms with E-state index in [0.717, 1.165) is 45.2 Å². The molecule has 3 N–H and O–H groups in total. The number of benzene rings is 1. The van der Waals surface area contributed by atoms with Crippen molar-refractivity contribution in [2.24, 2.45) is 0 Å². The summed E-state index contributed by atoms with van der Waals surface area (Å²) in [6, 6.07) is 2.02. The van der Waals surface area contributed by atoms with Crippen LogP contribution in [0.15, 0.2) is 17.1 Å². The van der Waals surface area contributed by atoms with Crippen LogP contribution in [-0.2, 0) is 0 Å². The Morgan fingerprint density at radius 1 is 1.22 bits per heavy atom. The molecule has 2 saturated heterocycles. The molecule has 0 bridgehead atoms. The van der Waals surface area contributed by atoms with E-state index in [4.69, 9.17) is 4.74 Å². The first-order valence-electron chi connectivity index (χ1n) is 11.4. The van der Waals surface area contributed by atoms with Gasteiger partial charge in [0.05, 0.1) is 18.0 Å². The lowest BCUT2D eigenvalue weighted by Crippen LogP contribution is -2.45. The molecule has 1 aliphatic carbocycles. The Morgan fingerprint density at radius 2 is 1.97 bits per heavy atom. The highest BCUT2D eigenvalue weighted by atomic mass is 19.1. The van der Waals surface area contributed by atoms with Crippen LogP contribution in [0.1, 0.15) is 48.5 Å². The lowest BCUT2D eigenvalue weighted by Gasteiger charge is -2.28. The third kappa shape index (κ3) is 3.73. The molecule has 1 saturated carbocycles. The van der Waals surface area contributed by atoms with Crippen molar-refractivity contribution < 1.29 is 19.0 Å². The Hall–Kier alpha value is -2.65. The number of anilines is 1. The van der Waals surface area contributed by atoms with Gasteiger partial charge >= 0.3 is 5.97 Å². The quantitative estimate of drug-likeness (QED) is 0.628. The molecule has 1 atom stereocenters. The van der Waals surface area contributed by atoms with Crippen molar-refractivity contribution in [3.8, 4) is 5.75 Å². The molecule has 1 aromatic heterocycles. The Bertz CT molecular complexity index is 1110. The molecular formula is C23H29FN4O4. The van der Waals surface area contributed by atoms with Crippen LogP contribution in [0.5, 0.6) is 5.75 Å². The van der Waals surface area contributed by atoms with Crippen LogP contribution in [0.3, 0.4) is 0 Å². The van der Waals surface area contributed by atoms with Crippen LogP contribution in [-0.4, -0.2) is 61.0 Å². The number of aromatic carboxylic acids is 1. The van der Waals surface area contributed by atoms with Gasteiger partial charge in [-0.1, -0.05) is 0 Å². The number of fused-ring (bicyclic) bond motifs is 1. The van der Waals surface area contributed by atoms with Gasteiger partial charge < -0.3 is 29.9 Å². The number of rotatable bonds is 6. The van der Waals surface area contributed by atoms with E-state index in [-0.39, 0.29) is 23.0 Å². The molecule has 1 aromatic carbocycles. The fourth-order valence-corrected chi connectivity index (χ4v) is 5.15. The highest BCUT2D eigenvalue weighted by Gasteiger charge is 2.33. The second kappa shape index (κ2) is 8.37. The largest absolute Gasteiger partial charge is 0.492 e. The van der Waals surface area contributed by atoms with Gasteiger partial charge in [0.2, 0.25) is 5.43 Å². The van der Waals surface area contributed by atoms with Crippen LogP contribution >= 0.6 is 0 Å². The molecule has 3 aliphatic rings. The second-order valence-corrected chi connectivity index (χ2v) is 9.07. The number of methoxy groups -OCH3 is 1. The molecule has 32 heavy (non-hydrogen) atoms. The molecule has 0 spiro atoms. The fourth-order valence-electron chi connectivity index (χ4n) is 5.15. The van der Waals surface area contributed by atoms with Crippen LogP contribution in [0, 0.1) is 5.82 Å².